The average Bonchev–Trinajstić information content (AvgIpc) is 2.41. The van der Waals surface area contributed by atoms with Gasteiger partial charge in [0.1, 0.15) is 17.4 Å². The van der Waals surface area contributed by atoms with Crippen LogP contribution in [0.25, 0.3) is 0 Å². The Kier molecular flexibility index (Phi) is 3.70. The van der Waals surface area contributed by atoms with E-state index in [4.69, 9.17) is 5.26 Å². The lowest BCUT2D eigenvalue weighted by Gasteiger charge is -2.12. The molecule has 1 atom stereocenters. The molecular formula is C14H8F4N2. The zero-order valence-electron chi connectivity index (χ0n) is 10.0. The van der Waals surface area contributed by atoms with E-state index in [0.717, 1.165) is 18.2 Å². The summed E-state index contributed by atoms with van der Waals surface area (Å²) in [6.45, 7) is 0. The van der Waals surface area contributed by atoms with Gasteiger partial charge >= 0.3 is 6.18 Å². The second kappa shape index (κ2) is 5.29. The summed E-state index contributed by atoms with van der Waals surface area (Å²) in [5.41, 5.74) is -0.688. The summed E-state index contributed by atoms with van der Waals surface area (Å²) in [5.74, 6) is -1.46. The van der Waals surface area contributed by atoms with Crippen LogP contribution >= 0.6 is 0 Å². The molecule has 0 N–H and O–H groups in total. The summed E-state index contributed by atoms with van der Waals surface area (Å²) < 4.78 is 50.6. The number of alkyl halides is 3. The van der Waals surface area contributed by atoms with Gasteiger partial charge in [0.2, 0.25) is 0 Å². The van der Waals surface area contributed by atoms with Crippen LogP contribution in [0, 0.1) is 17.1 Å². The summed E-state index contributed by atoms with van der Waals surface area (Å²) >= 11 is 0. The first-order chi connectivity index (χ1) is 9.41. The topological polar surface area (TPSA) is 36.7 Å². The van der Waals surface area contributed by atoms with Gasteiger partial charge in [0, 0.05) is 0 Å². The molecule has 2 aromatic rings. The van der Waals surface area contributed by atoms with Gasteiger partial charge in [-0.15, -0.1) is 0 Å². The number of nitrogens with zero attached hydrogens (tertiary/aromatic N) is 2. The third-order valence-corrected chi connectivity index (χ3v) is 2.69. The molecule has 2 nitrogen and oxygen atoms in total. The van der Waals surface area contributed by atoms with Crippen LogP contribution in [0.1, 0.15) is 22.9 Å². The minimum atomic E-state index is -4.57. The third-order valence-electron chi connectivity index (χ3n) is 2.69. The minimum absolute atomic E-state index is 0.0195. The van der Waals surface area contributed by atoms with Gasteiger partial charge in [-0.1, -0.05) is 18.2 Å². The van der Waals surface area contributed by atoms with Gasteiger partial charge < -0.3 is 0 Å². The largest absolute Gasteiger partial charge is 0.433 e. The highest BCUT2D eigenvalue weighted by atomic mass is 19.4. The first-order valence-electron chi connectivity index (χ1n) is 5.61. The molecule has 2 rings (SSSR count). The maximum absolute atomic E-state index is 12.8. The maximum atomic E-state index is 12.8. The highest BCUT2D eigenvalue weighted by Crippen LogP contribution is 2.30. The van der Waals surface area contributed by atoms with Crippen LogP contribution in [0.2, 0.25) is 0 Å². The Hall–Kier alpha value is -2.42. The number of hydrogen-bond acceptors (Lipinski definition) is 2. The zero-order valence-corrected chi connectivity index (χ0v) is 10.0. The van der Waals surface area contributed by atoms with E-state index < -0.39 is 23.6 Å². The maximum Gasteiger partial charge on any atom is 0.433 e. The van der Waals surface area contributed by atoms with E-state index in [-0.39, 0.29) is 5.69 Å². The van der Waals surface area contributed by atoms with Crippen molar-refractivity contribution in [3.63, 3.8) is 0 Å². The lowest BCUT2D eigenvalue weighted by molar-refractivity contribution is -0.141. The van der Waals surface area contributed by atoms with Gasteiger partial charge in [-0.3, -0.25) is 0 Å². The van der Waals surface area contributed by atoms with Crippen LogP contribution in [-0.4, -0.2) is 4.98 Å². The van der Waals surface area contributed by atoms with Gasteiger partial charge in [-0.25, -0.2) is 9.37 Å². The summed E-state index contributed by atoms with van der Waals surface area (Å²) in [5, 5.41) is 9.13. The zero-order chi connectivity index (χ0) is 14.8. The molecule has 1 aromatic carbocycles. The van der Waals surface area contributed by atoms with Crippen molar-refractivity contribution in [3.8, 4) is 6.07 Å². The molecule has 6 heteroatoms. The van der Waals surface area contributed by atoms with Crippen molar-refractivity contribution in [2.24, 2.45) is 0 Å². The normalized spacial score (nSPS) is 12.8. The fourth-order valence-electron chi connectivity index (χ4n) is 1.74. The number of aromatic nitrogens is 1. The minimum Gasteiger partial charge on any atom is -0.247 e. The SMILES string of the molecule is N#C[C@H](c1ccc(F)cc1)c1cccc(C(F)(F)F)n1. The number of rotatable bonds is 2. The Morgan fingerprint density at radius 3 is 2.25 bits per heavy atom. The molecule has 1 heterocycles. The van der Waals surface area contributed by atoms with E-state index in [2.05, 4.69) is 4.98 Å². The molecule has 1 aromatic heterocycles. The Bertz CT molecular complexity index is 641. The van der Waals surface area contributed by atoms with Gasteiger partial charge in [0.05, 0.1) is 11.8 Å². The summed E-state index contributed by atoms with van der Waals surface area (Å²) in [4.78, 5) is 3.47. The van der Waals surface area contributed by atoms with Gasteiger partial charge in [0.15, 0.2) is 0 Å². The first kappa shape index (κ1) is 14.0. The van der Waals surface area contributed by atoms with Crippen molar-refractivity contribution in [2.75, 3.05) is 0 Å². The molecule has 0 saturated heterocycles. The highest BCUT2D eigenvalue weighted by molar-refractivity contribution is 5.35. The smallest absolute Gasteiger partial charge is 0.247 e. The van der Waals surface area contributed by atoms with Crippen LogP contribution in [0.5, 0.6) is 0 Å². The number of halogens is 4. The van der Waals surface area contributed by atoms with Gasteiger partial charge in [-0.2, -0.15) is 18.4 Å². The molecule has 0 aliphatic carbocycles. The number of pyridine rings is 1. The van der Waals surface area contributed by atoms with E-state index in [9.17, 15) is 17.6 Å². The summed E-state index contributed by atoms with van der Waals surface area (Å²) in [6, 6.07) is 10.2. The predicted octanol–water partition coefficient (Wildman–Crippen LogP) is 3.89. The molecule has 0 spiro atoms. The summed E-state index contributed by atoms with van der Waals surface area (Å²) in [7, 11) is 0. The molecule has 0 aliphatic heterocycles. The van der Waals surface area contributed by atoms with Gasteiger partial charge in [-0.05, 0) is 29.8 Å². The van der Waals surface area contributed by atoms with E-state index in [1.165, 1.54) is 24.3 Å². The molecule has 0 aliphatic rings. The number of nitriles is 1. The van der Waals surface area contributed by atoms with E-state index >= 15 is 0 Å². The van der Waals surface area contributed by atoms with Crippen molar-refractivity contribution >= 4 is 0 Å². The van der Waals surface area contributed by atoms with Crippen LogP contribution in [0.4, 0.5) is 17.6 Å². The predicted molar refractivity (Wildman–Crippen MR) is 63.1 cm³/mol. The Labute approximate surface area is 112 Å². The molecular weight excluding hydrogens is 272 g/mol. The van der Waals surface area contributed by atoms with E-state index in [1.54, 1.807) is 0 Å². The van der Waals surface area contributed by atoms with E-state index in [0.29, 0.717) is 5.56 Å². The Balaban J connectivity index is 2.43. The van der Waals surface area contributed by atoms with Gasteiger partial charge in [0.25, 0.3) is 0 Å². The van der Waals surface area contributed by atoms with Crippen molar-refractivity contribution in [1.29, 1.82) is 5.26 Å². The molecule has 0 fully saturated rings. The van der Waals surface area contributed by atoms with Crippen LogP contribution in [-0.2, 0) is 6.18 Å². The van der Waals surface area contributed by atoms with Crippen molar-refractivity contribution in [1.82, 2.24) is 4.98 Å². The third kappa shape index (κ3) is 2.94. The van der Waals surface area contributed by atoms with Crippen LogP contribution < -0.4 is 0 Å². The number of hydrogen-bond donors (Lipinski definition) is 0. The second-order valence-electron chi connectivity index (χ2n) is 4.06. The highest BCUT2D eigenvalue weighted by Gasteiger charge is 2.33. The molecule has 0 bridgehead atoms. The summed E-state index contributed by atoms with van der Waals surface area (Å²) in [6.07, 6.45) is -4.57. The molecule has 20 heavy (non-hydrogen) atoms. The van der Waals surface area contributed by atoms with Crippen LogP contribution in [0.3, 0.4) is 0 Å². The molecule has 0 amide bonds. The molecule has 0 unspecified atom stereocenters. The second-order valence-corrected chi connectivity index (χ2v) is 4.06. The van der Waals surface area contributed by atoms with Crippen molar-refractivity contribution in [2.45, 2.75) is 12.1 Å². The lowest BCUT2D eigenvalue weighted by atomic mass is 9.96. The lowest BCUT2D eigenvalue weighted by Crippen LogP contribution is -2.11. The van der Waals surface area contributed by atoms with Crippen molar-refractivity contribution in [3.05, 3.63) is 65.2 Å². The number of benzene rings is 1. The monoisotopic (exact) mass is 280 g/mol. The molecule has 0 radical (unpaired) electrons. The molecule has 0 saturated carbocycles. The van der Waals surface area contributed by atoms with Crippen LogP contribution in [0.15, 0.2) is 42.5 Å². The Morgan fingerprint density at radius 2 is 1.70 bits per heavy atom. The first-order valence-corrected chi connectivity index (χ1v) is 5.61. The van der Waals surface area contributed by atoms with E-state index in [1.807, 2.05) is 6.07 Å². The van der Waals surface area contributed by atoms with Crippen molar-refractivity contribution < 1.29 is 17.6 Å². The molecule has 102 valence electrons. The Morgan fingerprint density at radius 1 is 1.05 bits per heavy atom. The average molecular weight is 280 g/mol. The fraction of sp³-hybridized carbons (Fsp3) is 0.143. The fourth-order valence-corrected chi connectivity index (χ4v) is 1.74. The quantitative estimate of drug-likeness (QED) is 0.782. The standard InChI is InChI=1S/C14H8F4N2/c15-10-6-4-9(5-7-10)11(8-19)12-2-1-3-13(20-12)14(16,17)18/h1-7,11H/t11-/m1/s1.